The first-order valence-corrected chi connectivity index (χ1v) is 6.49. The monoisotopic (exact) mass is 262 g/mol. The Kier molecular flexibility index (Phi) is 2.98. The summed E-state index contributed by atoms with van der Waals surface area (Å²) in [5, 5.41) is 8.43. The van der Waals surface area contributed by atoms with Crippen LogP contribution in [0.5, 0.6) is 0 Å². The molecular weight excluding hydrogens is 244 g/mol. The number of likely N-dealkylation sites (tertiary alicyclic amines) is 1. The smallest absolute Gasteiger partial charge is 0.292 e. The fourth-order valence-corrected chi connectivity index (χ4v) is 2.78. The molecule has 0 aliphatic carbocycles. The summed E-state index contributed by atoms with van der Waals surface area (Å²) in [6.07, 6.45) is 4.11. The van der Waals surface area contributed by atoms with Gasteiger partial charge in [0.2, 0.25) is 0 Å². The van der Waals surface area contributed by atoms with E-state index in [-0.39, 0.29) is 5.69 Å². The van der Waals surface area contributed by atoms with E-state index in [2.05, 4.69) is 26.1 Å². The first-order valence-electron chi connectivity index (χ1n) is 6.49. The number of rotatable bonds is 3. The van der Waals surface area contributed by atoms with Crippen LogP contribution in [-0.2, 0) is 20.6 Å². The fraction of sp³-hybridized carbons (Fsp3) is 0.583. The van der Waals surface area contributed by atoms with Crippen LogP contribution < -0.4 is 5.69 Å². The van der Waals surface area contributed by atoms with Crippen LogP contribution >= 0.6 is 0 Å². The lowest BCUT2D eigenvalue weighted by Gasteiger charge is -2.23. The molecule has 0 bridgehead atoms. The van der Waals surface area contributed by atoms with Gasteiger partial charge in [-0.1, -0.05) is 0 Å². The summed E-state index contributed by atoms with van der Waals surface area (Å²) in [4.78, 5) is 16.5. The van der Waals surface area contributed by atoms with Crippen molar-refractivity contribution in [1.82, 2.24) is 29.4 Å². The van der Waals surface area contributed by atoms with Crippen molar-refractivity contribution in [3.05, 3.63) is 34.3 Å². The van der Waals surface area contributed by atoms with Crippen LogP contribution in [0.1, 0.15) is 30.4 Å². The minimum atomic E-state index is -0.161. The molecule has 1 aliphatic rings. The second-order valence-electron chi connectivity index (χ2n) is 5.01. The normalized spacial score (nSPS) is 20.2. The molecule has 1 saturated heterocycles. The van der Waals surface area contributed by atoms with E-state index >= 15 is 0 Å². The molecule has 1 fully saturated rings. The summed E-state index contributed by atoms with van der Waals surface area (Å²) in [5.41, 5.74) is 1.06. The first kappa shape index (κ1) is 12.2. The predicted octanol–water partition coefficient (Wildman–Crippen LogP) is 0.179. The van der Waals surface area contributed by atoms with Gasteiger partial charge in [0.25, 0.3) is 0 Å². The highest BCUT2D eigenvalue weighted by Gasteiger charge is 2.28. The number of nitrogens with one attached hydrogen (secondary N) is 1. The third-order valence-electron chi connectivity index (χ3n) is 3.73. The molecule has 1 atom stereocenters. The van der Waals surface area contributed by atoms with E-state index in [0.29, 0.717) is 12.6 Å². The zero-order chi connectivity index (χ0) is 13.4. The Morgan fingerprint density at radius 2 is 2.26 bits per heavy atom. The fourth-order valence-electron chi connectivity index (χ4n) is 2.78. The zero-order valence-electron chi connectivity index (χ0n) is 11.2. The summed E-state index contributed by atoms with van der Waals surface area (Å²) in [5.74, 6) is 0.724. The minimum Gasteiger partial charge on any atom is -0.292 e. The summed E-state index contributed by atoms with van der Waals surface area (Å²) in [7, 11) is 3.62. The maximum atomic E-state index is 11.4. The largest absolute Gasteiger partial charge is 0.343 e. The van der Waals surface area contributed by atoms with E-state index in [9.17, 15) is 4.79 Å². The number of aryl methyl sites for hydroxylation is 2. The van der Waals surface area contributed by atoms with Gasteiger partial charge in [0, 0.05) is 20.3 Å². The zero-order valence-corrected chi connectivity index (χ0v) is 11.2. The van der Waals surface area contributed by atoms with Gasteiger partial charge in [0.1, 0.15) is 5.82 Å². The number of hydrogen-bond donors (Lipinski definition) is 1. The molecule has 3 heterocycles. The first-order chi connectivity index (χ1) is 9.15. The Labute approximate surface area is 110 Å². The van der Waals surface area contributed by atoms with Gasteiger partial charge in [-0.2, -0.15) is 10.2 Å². The Bertz CT molecular complexity index is 624. The molecule has 19 heavy (non-hydrogen) atoms. The van der Waals surface area contributed by atoms with Crippen LogP contribution in [0, 0.1) is 0 Å². The van der Waals surface area contributed by atoms with Crippen molar-refractivity contribution >= 4 is 0 Å². The summed E-state index contributed by atoms with van der Waals surface area (Å²) in [6.45, 7) is 1.69. The van der Waals surface area contributed by atoms with Crippen LogP contribution in [0.4, 0.5) is 0 Å². The number of H-pyrrole nitrogens is 1. The molecule has 1 unspecified atom stereocenters. The van der Waals surface area contributed by atoms with E-state index in [0.717, 1.165) is 25.2 Å². The van der Waals surface area contributed by atoms with Gasteiger partial charge in [-0.15, -0.1) is 0 Å². The molecule has 0 radical (unpaired) electrons. The van der Waals surface area contributed by atoms with Crippen molar-refractivity contribution < 1.29 is 0 Å². The van der Waals surface area contributed by atoms with Gasteiger partial charge >= 0.3 is 5.69 Å². The number of hydrogen-bond acceptors (Lipinski definition) is 4. The maximum Gasteiger partial charge on any atom is 0.343 e. The molecule has 102 valence electrons. The van der Waals surface area contributed by atoms with Crippen LogP contribution in [-0.4, -0.2) is 36.0 Å². The van der Waals surface area contributed by atoms with Crippen molar-refractivity contribution in [2.75, 3.05) is 6.54 Å². The Morgan fingerprint density at radius 3 is 2.89 bits per heavy atom. The van der Waals surface area contributed by atoms with Crippen molar-refractivity contribution in [1.29, 1.82) is 0 Å². The van der Waals surface area contributed by atoms with Crippen molar-refractivity contribution in [3.8, 4) is 0 Å². The molecule has 2 aromatic rings. The third-order valence-corrected chi connectivity index (χ3v) is 3.73. The Hall–Kier alpha value is -1.89. The van der Waals surface area contributed by atoms with Crippen LogP contribution in [0.15, 0.2) is 17.1 Å². The number of aromatic amines is 1. The highest BCUT2D eigenvalue weighted by molar-refractivity contribution is 5.09. The standard InChI is InChI=1S/C12H18N6O/c1-16-9(5-6-13-16)10-4-3-7-18(10)8-11-14-12(19)17(2)15-11/h5-6,10H,3-4,7-8H2,1-2H3,(H,14,15,19). The SMILES string of the molecule is Cn1nccc1C1CCCN1Cc1nn(C)c(=O)[nH]1. The van der Waals surface area contributed by atoms with Crippen LogP contribution in [0.25, 0.3) is 0 Å². The lowest BCUT2D eigenvalue weighted by Crippen LogP contribution is -2.25. The molecule has 0 saturated carbocycles. The summed E-state index contributed by atoms with van der Waals surface area (Å²) >= 11 is 0. The minimum absolute atomic E-state index is 0.161. The van der Waals surface area contributed by atoms with Crippen molar-refractivity contribution in [2.45, 2.75) is 25.4 Å². The summed E-state index contributed by atoms with van der Waals surface area (Å²) < 4.78 is 3.26. The van der Waals surface area contributed by atoms with E-state index in [1.165, 1.54) is 10.4 Å². The molecule has 1 aliphatic heterocycles. The van der Waals surface area contributed by atoms with Crippen molar-refractivity contribution in [2.24, 2.45) is 14.1 Å². The van der Waals surface area contributed by atoms with Crippen molar-refractivity contribution in [3.63, 3.8) is 0 Å². The van der Waals surface area contributed by atoms with E-state index in [4.69, 9.17) is 0 Å². The number of aromatic nitrogens is 5. The van der Waals surface area contributed by atoms with E-state index in [1.807, 2.05) is 17.9 Å². The van der Waals surface area contributed by atoms with E-state index in [1.54, 1.807) is 7.05 Å². The maximum absolute atomic E-state index is 11.4. The highest BCUT2D eigenvalue weighted by atomic mass is 16.1. The van der Waals surface area contributed by atoms with Gasteiger partial charge in [-0.25, -0.2) is 9.48 Å². The van der Waals surface area contributed by atoms with Gasteiger partial charge in [0.05, 0.1) is 18.3 Å². The van der Waals surface area contributed by atoms with Crippen LogP contribution in [0.3, 0.4) is 0 Å². The lowest BCUT2D eigenvalue weighted by molar-refractivity contribution is 0.233. The Morgan fingerprint density at radius 1 is 1.42 bits per heavy atom. The van der Waals surface area contributed by atoms with Gasteiger partial charge < -0.3 is 0 Å². The third kappa shape index (κ3) is 2.21. The Balaban J connectivity index is 1.80. The second-order valence-corrected chi connectivity index (χ2v) is 5.01. The highest BCUT2D eigenvalue weighted by Crippen LogP contribution is 2.32. The molecule has 0 spiro atoms. The summed E-state index contributed by atoms with van der Waals surface area (Å²) in [6, 6.07) is 2.42. The molecule has 7 nitrogen and oxygen atoms in total. The average molecular weight is 262 g/mol. The molecule has 7 heteroatoms. The molecule has 0 amide bonds. The molecule has 2 aromatic heterocycles. The second kappa shape index (κ2) is 4.65. The van der Waals surface area contributed by atoms with Gasteiger partial charge in [0.15, 0.2) is 0 Å². The van der Waals surface area contributed by atoms with Crippen LogP contribution in [0.2, 0.25) is 0 Å². The lowest BCUT2D eigenvalue weighted by atomic mass is 10.1. The van der Waals surface area contributed by atoms with Gasteiger partial charge in [-0.05, 0) is 25.5 Å². The molecule has 0 aromatic carbocycles. The molecule has 1 N–H and O–H groups in total. The molecular formula is C12H18N6O. The topological polar surface area (TPSA) is 71.7 Å². The van der Waals surface area contributed by atoms with Gasteiger partial charge in [-0.3, -0.25) is 14.6 Å². The average Bonchev–Trinajstić information content (AvgIpc) is 3.03. The number of nitrogens with zero attached hydrogens (tertiary/aromatic N) is 5. The predicted molar refractivity (Wildman–Crippen MR) is 69.4 cm³/mol. The van der Waals surface area contributed by atoms with E-state index < -0.39 is 0 Å². The molecule has 3 rings (SSSR count). The quantitative estimate of drug-likeness (QED) is 0.856.